The van der Waals surface area contributed by atoms with Gasteiger partial charge in [0.25, 0.3) is 0 Å². The lowest BCUT2D eigenvalue weighted by Gasteiger charge is -2.27. The maximum Gasteiger partial charge on any atom is 0.342 e. The number of nitrogens with one attached hydrogen (secondary N) is 1. The highest BCUT2D eigenvalue weighted by molar-refractivity contribution is 7.92. The first-order chi connectivity index (χ1) is 16.1. The molecule has 9 heteroatoms. The van der Waals surface area contributed by atoms with E-state index in [4.69, 9.17) is 16.7 Å². The molecule has 0 fully saturated rings. The molecule has 0 saturated heterocycles. The molecule has 0 aliphatic carbocycles. The van der Waals surface area contributed by atoms with Crippen molar-refractivity contribution in [3.63, 3.8) is 0 Å². The fourth-order valence-corrected chi connectivity index (χ4v) is 4.54. The Hall–Kier alpha value is -3.36. The molecule has 0 aromatic heterocycles. The van der Waals surface area contributed by atoms with Gasteiger partial charge in [-0.25, -0.2) is 18.2 Å². The summed E-state index contributed by atoms with van der Waals surface area (Å²) < 4.78 is 24.7. The Balaban J connectivity index is 1.60. The number of rotatable bonds is 5. The van der Waals surface area contributed by atoms with Crippen molar-refractivity contribution in [3.8, 4) is 0 Å². The minimum Gasteiger partial charge on any atom is -0.306 e. The first-order valence-electron chi connectivity index (χ1n) is 10.6. The molecule has 3 aromatic rings. The fraction of sp³-hybridized carbons (Fsp3) is 0.200. The van der Waals surface area contributed by atoms with E-state index in [2.05, 4.69) is 12.2 Å². The monoisotopic (exact) mass is 496 g/mol. The van der Waals surface area contributed by atoms with Gasteiger partial charge in [0.15, 0.2) is 0 Å². The summed E-state index contributed by atoms with van der Waals surface area (Å²) in [6, 6.07) is 23.6. The molecule has 1 heterocycles. The van der Waals surface area contributed by atoms with E-state index in [1.165, 1.54) is 16.4 Å². The smallest absolute Gasteiger partial charge is 0.306 e. The zero-order valence-corrected chi connectivity index (χ0v) is 20.6. The van der Waals surface area contributed by atoms with Gasteiger partial charge in [0.05, 0.1) is 29.6 Å². The fourth-order valence-electron chi connectivity index (χ4n) is 3.91. The highest BCUT2D eigenvalue weighted by Crippen LogP contribution is 2.35. The Morgan fingerprint density at radius 2 is 1.65 bits per heavy atom. The van der Waals surface area contributed by atoms with E-state index in [0.29, 0.717) is 22.9 Å². The molecule has 0 bridgehead atoms. The summed E-state index contributed by atoms with van der Waals surface area (Å²) in [5.74, 6) is 0. The van der Waals surface area contributed by atoms with Gasteiger partial charge in [0, 0.05) is 17.8 Å². The Labute approximate surface area is 204 Å². The maximum absolute atomic E-state index is 13.1. The number of nitrogens with zero attached hydrogens (tertiary/aromatic N) is 3. The average Bonchev–Trinajstić information content (AvgIpc) is 3.18. The zero-order valence-electron chi connectivity index (χ0n) is 19.1. The molecule has 0 spiro atoms. The summed E-state index contributed by atoms with van der Waals surface area (Å²) in [4.78, 5) is 13.1. The molecule has 1 N–H and O–H groups in total. The number of carbonyl (C=O) groups excluding carboxylic acids is 1. The summed E-state index contributed by atoms with van der Waals surface area (Å²) in [6.45, 7) is 2.43. The lowest BCUT2D eigenvalue weighted by atomic mass is 9.76. The van der Waals surface area contributed by atoms with Crippen LogP contribution in [0.2, 0.25) is 5.02 Å². The maximum atomic E-state index is 13.1. The van der Waals surface area contributed by atoms with E-state index < -0.39 is 15.4 Å². The van der Waals surface area contributed by atoms with E-state index in [9.17, 15) is 13.2 Å². The van der Waals surface area contributed by atoms with Crippen molar-refractivity contribution >= 4 is 44.7 Å². The molecule has 176 valence electrons. The predicted molar refractivity (Wildman–Crippen MR) is 137 cm³/mol. The van der Waals surface area contributed by atoms with Gasteiger partial charge in [-0.3, -0.25) is 4.31 Å². The molecule has 1 aliphatic heterocycles. The van der Waals surface area contributed by atoms with E-state index in [-0.39, 0.29) is 6.03 Å². The third-order valence-corrected chi connectivity index (χ3v) is 7.41. The van der Waals surface area contributed by atoms with Crippen molar-refractivity contribution in [1.82, 2.24) is 5.01 Å². The average molecular weight is 497 g/mol. The molecular formula is C25H25ClN4O3S. The lowest BCUT2D eigenvalue weighted by molar-refractivity contribution is 0.214. The molecule has 7 nitrogen and oxygen atoms in total. The van der Waals surface area contributed by atoms with Crippen LogP contribution in [0, 0.1) is 0 Å². The van der Waals surface area contributed by atoms with Crippen molar-refractivity contribution in [2.45, 2.75) is 12.3 Å². The lowest BCUT2D eigenvalue weighted by Crippen LogP contribution is -2.38. The normalized spacial score (nSPS) is 17.9. The molecule has 1 atom stereocenters. The summed E-state index contributed by atoms with van der Waals surface area (Å²) in [5.41, 5.74) is 3.23. The number of benzene rings is 3. The molecule has 1 aliphatic rings. The number of sulfonamides is 1. The van der Waals surface area contributed by atoms with E-state index in [1.54, 1.807) is 24.3 Å². The molecule has 0 radical (unpaired) electrons. The summed E-state index contributed by atoms with van der Waals surface area (Å²) in [5, 5.41) is 9.60. The zero-order chi connectivity index (χ0) is 24.5. The van der Waals surface area contributed by atoms with Crippen LogP contribution in [-0.4, -0.2) is 45.0 Å². The first kappa shape index (κ1) is 23.8. The van der Waals surface area contributed by atoms with Gasteiger partial charge in [-0.2, -0.15) is 5.10 Å². The number of hydrogen-bond donors (Lipinski definition) is 1. The van der Waals surface area contributed by atoms with Gasteiger partial charge in [0.1, 0.15) is 0 Å². The van der Waals surface area contributed by atoms with Crippen LogP contribution in [-0.2, 0) is 15.4 Å². The Morgan fingerprint density at radius 1 is 1.03 bits per heavy atom. The number of halogens is 1. The first-order valence-corrected chi connectivity index (χ1v) is 12.8. The Kier molecular flexibility index (Phi) is 6.38. The van der Waals surface area contributed by atoms with E-state index in [1.807, 2.05) is 54.6 Å². The van der Waals surface area contributed by atoms with Crippen LogP contribution < -0.4 is 9.62 Å². The highest BCUT2D eigenvalue weighted by Gasteiger charge is 2.42. The van der Waals surface area contributed by atoms with E-state index >= 15 is 0 Å². The van der Waals surface area contributed by atoms with Crippen LogP contribution in [0.15, 0.2) is 84.0 Å². The quantitative estimate of drug-likeness (QED) is 0.542. The highest BCUT2D eigenvalue weighted by atomic mass is 35.5. The van der Waals surface area contributed by atoms with Crippen LogP contribution in [0.1, 0.15) is 18.1 Å². The van der Waals surface area contributed by atoms with Gasteiger partial charge in [0.2, 0.25) is 10.0 Å². The van der Waals surface area contributed by atoms with Crippen molar-refractivity contribution in [3.05, 3.63) is 95.0 Å². The second-order valence-electron chi connectivity index (χ2n) is 8.42. The second kappa shape index (κ2) is 9.12. The van der Waals surface area contributed by atoms with Crippen molar-refractivity contribution in [1.29, 1.82) is 0 Å². The Bertz CT molecular complexity index is 1330. The SMILES string of the molecule is CN(c1ccc(NC(=O)N2CC(C)(c3ccccc3)C(c3ccc(Cl)cc3)=N2)cc1)S(C)(=O)=O. The van der Waals surface area contributed by atoms with Gasteiger partial charge >= 0.3 is 6.03 Å². The number of hydrazone groups is 1. The van der Waals surface area contributed by atoms with Crippen molar-refractivity contribution in [2.24, 2.45) is 5.10 Å². The van der Waals surface area contributed by atoms with Gasteiger partial charge < -0.3 is 5.32 Å². The van der Waals surface area contributed by atoms with Crippen molar-refractivity contribution < 1.29 is 13.2 Å². The minimum atomic E-state index is -3.37. The largest absolute Gasteiger partial charge is 0.342 e. The molecule has 34 heavy (non-hydrogen) atoms. The number of anilines is 2. The topological polar surface area (TPSA) is 82.1 Å². The Morgan fingerprint density at radius 3 is 2.24 bits per heavy atom. The van der Waals surface area contributed by atoms with Crippen LogP contribution >= 0.6 is 11.6 Å². The third kappa shape index (κ3) is 4.78. The van der Waals surface area contributed by atoms with Crippen LogP contribution in [0.25, 0.3) is 0 Å². The summed E-state index contributed by atoms with van der Waals surface area (Å²) in [6.07, 6.45) is 1.13. The van der Waals surface area contributed by atoms with Crippen molar-refractivity contribution in [2.75, 3.05) is 29.5 Å². The minimum absolute atomic E-state index is 0.357. The van der Waals surface area contributed by atoms with E-state index in [0.717, 1.165) is 23.1 Å². The number of amides is 2. The molecular weight excluding hydrogens is 472 g/mol. The van der Waals surface area contributed by atoms with Crippen LogP contribution in [0.3, 0.4) is 0 Å². The molecule has 1 unspecified atom stereocenters. The second-order valence-corrected chi connectivity index (χ2v) is 10.9. The molecule has 2 amide bonds. The predicted octanol–water partition coefficient (Wildman–Crippen LogP) is 4.95. The number of carbonyl (C=O) groups is 1. The van der Waals surface area contributed by atoms with Gasteiger partial charge in [-0.1, -0.05) is 54.1 Å². The van der Waals surface area contributed by atoms with Crippen LogP contribution in [0.4, 0.5) is 16.2 Å². The molecule has 3 aromatic carbocycles. The standard InChI is InChI=1S/C25H25ClN4O3S/c1-25(19-7-5-4-6-8-19)17-30(28-23(25)18-9-11-20(26)12-10-18)24(31)27-21-13-15-22(16-14-21)29(2)34(3,32)33/h4-16H,17H2,1-3H3,(H,27,31). The number of hydrogen-bond acceptors (Lipinski definition) is 4. The van der Waals surface area contributed by atoms with Gasteiger partial charge in [-0.05, 0) is 54.4 Å². The molecule has 4 rings (SSSR count). The summed E-state index contributed by atoms with van der Waals surface area (Å²) in [7, 11) is -1.89. The van der Waals surface area contributed by atoms with Crippen LogP contribution in [0.5, 0.6) is 0 Å². The number of urea groups is 1. The third-order valence-electron chi connectivity index (χ3n) is 5.95. The molecule has 0 saturated carbocycles. The summed E-state index contributed by atoms with van der Waals surface area (Å²) >= 11 is 6.08. The van der Waals surface area contributed by atoms with Gasteiger partial charge in [-0.15, -0.1) is 0 Å².